The maximum atomic E-state index is 13.4. The van der Waals surface area contributed by atoms with E-state index in [-0.39, 0.29) is 149 Å². The van der Waals surface area contributed by atoms with Crippen LogP contribution in [0.2, 0.25) is 0 Å². The van der Waals surface area contributed by atoms with Gasteiger partial charge in [0.1, 0.15) is 5.75 Å². The molecule has 96 heavy (non-hydrogen) atoms. The summed E-state index contributed by atoms with van der Waals surface area (Å²) in [5, 5.41) is 10.7. The van der Waals surface area contributed by atoms with E-state index in [1.54, 1.807) is 61.2 Å². The third kappa shape index (κ3) is 29.7. The van der Waals surface area contributed by atoms with E-state index in [1.807, 2.05) is 152 Å². The van der Waals surface area contributed by atoms with Crippen molar-refractivity contribution in [3.8, 4) is 73.3 Å². The Morgan fingerprint density at radius 3 is 1.20 bits per heavy atom. The molecule has 9 nitrogen and oxygen atoms in total. The Hall–Kier alpha value is -7.74. The minimum absolute atomic E-state index is 0. The van der Waals surface area contributed by atoms with Gasteiger partial charge in [-0.25, -0.2) is 0 Å². The smallest absolute Gasteiger partial charge is 0.155 e. The van der Waals surface area contributed by atoms with Gasteiger partial charge in [-0.05, 0) is 101 Å². The largest absolute Gasteiger partial charge is 0.512 e. The van der Waals surface area contributed by atoms with Crippen LogP contribution < -0.4 is 4.74 Å². The quantitative estimate of drug-likeness (QED) is 0.0685. The van der Waals surface area contributed by atoms with Gasteiger partial charge in [-0.2, -0.15) is 0 Å². The van der Waals surface area contributed by atoms with Crippen LogP contribution in [0.25, 0.3) is 78.3 Å². The van der Waals surface area contributed by atoms with Gasteiger partial charge in [0, 0.05) is 193 Å². The van der Waals surface area contributed by atoms with Gasteiger partial charge < -0.3 is 39.7 Å². The number of aromatic nitrogens is 6. The maximum Gasteiger partial charge on any atom is 0.155 e. The molecule has 0 fully saturated rings. The molecule has 0 amide bonds. The van der Waals surface area contributed by atoms with E-state index >= 15 is 0 Å². The number of ketones is 1. The molecule has 0 aliphatic carbocycles. The molecule has 0 aliphatic heterocycles. The molecule has 0 saturated heterocycles. The van der Waals surface area contributed by atoms with E-state index < -0.39 is 23.3 Å². The van der Waals surface area contributed by atoms with E-state index in [0.29, 0.717) is 17.1 Å². The third-order valence-corrected chi connectivity index (χ3v) is 11.9. The monoisotopic (exact) mass is 2350 g/mol. The molecular weight excluding hydrogens is 2290 g/mol. The van der Waals surface area contributed by atoms with Gasteiger partial charge in [0.05, 0.1) is 12.9 Å². The Kier molecular flexibility index (Phi) is 43.2. The standard InChI is InChI=1S/C15H10N.C12H8F2NO.C11H6F2N.C11H7FN.2C11H8N.C5H8O2.6Ir/c1-2-7-13(8-3-1)15-14-9-5-4-6-12(14)10-11-16-15;1-16-9-4-5-15-12(7-9)10-3-2-8(13)6-11(10)14;12-8-4-5-9(10(13)7-8)11-3-1-2-6-14-11;12-10-6-4-9(5-7-10)11-3-1-2-8-13-11;2*1-2-6-10(7-3-1)11-8-4-5-9-12-11;1-4(6)3-5(2)7;;;;;;/h1-7,9-11H;2,4-7H,1H3;1-4,6-7H;1-4,6-8H;2*1-6,8-9H;3,6H,1-2H3;;;;;;/q6*-1;;;;;;;. The summed E-state index contributed by atoms with van der Waals surface area (Å²) in [5.41, 5.74) is 8.80. The summed E-state index contributed by atoms with van der Waals surface area (Å²) >= 11 is 0. The molecule has 502 valence electrons. The van der Waals surface area contributed by atoms with Crippen LogP contribution in [-0.2, 0) is 125 Å². The second-order valence-electron chi connectivity index (χ2n) is 18.5. The minimum atomic E-state index is -0.694. The number of carbonyl (C=O) groups is 1. The van der Waals surface area contributed by atoms with Gasteiger partial charge >= 0.3 is 0 Å². The number of nitrogens with zero attached hydrogens (tertiary/aromatic N) is 6. The molecule has 20 heteroatoms. The summed E-state index contributed by atoms with van der Waals surface area (Å²) in [7, 11) is 1.50. The number of halogens is 5. The Morgan fingerprint density at radius 2 is 0.802 bits per heavy atom. The van der Waals surface area contributed by atoms with E-state index in [1.165, 1.54) is 56.1 Å². The van der Waals surface area contributed by atoms with Gasteiger partial charge in [0.25, 0.3) is 0 Å². The van der Waals surface area contributed by atoms with Crippen molar-refractivity contribution in [2.45, 2.75) is 13.8 Å². The number of allylic oxidation sites excluding steroid dienone is 2. The molecule has 13 rings (SSSR count). The third-order valence-electron chi connectivity index (χ3n) is 11.9. The summed E-state index contributed by atoms with van der Waals surface area (Å²) in [4.78, 5) is 34.9. The van der Waals surface area contributed by atoms with Gasteiger partial charge in [-0.3, -0.25) is 26.7 Å². The zero-order chi connectivity index (χ0) is 63.7. The Labute approximate surface area is 636 Å². The molecule has 0 aliphatic rings. The molecule has 0 unspecified atom stereocenters. The average Bonchev–Trinajstić information content (AvgIpc) is 0.828. The van der Waals surface area contributed by atoms with Gasteiger partial charge in [0.15, 0.2) is 5.78 Å². The first-order valence-electron chi connectivity index (χ1n) is 27.5. The first-order valence-corrected chi connectivity index (χ1v) is 27.5. The molecular formula is C76H55F5Ir6N6O3-6. The summed E-state index contributed by atoms with van der Waals surface area (Å²) in [6.07, 6.45) is 11.3. The zero-order valence-corrected chi connectivity index (χ0v) is 65.2. The number of aliphatic hydroxyl groups excluding tert-OH is 1. The van der Waals surface area contributed by atoms with Crippen LogP contribution in [0.3, 0.4) is 0 Å². The molecule has 1 N–H and O–H groups in total. The number of fused-ring (bicyclic) bond motifs is 1. The van der Waals surface area contributed by atoms with Crippen LogP contribution in [-0.4, -0.2) is 47.9 Å². The van der Waals surface area contributed by atoms with Crippen LogP contribution in [0, 0.1) is 65.5 Å². The summed E-state index contributed by atoms with van der Waals surface area (Å²) in [5.74, 6) is -2.43. The van der Waals surface area contributed by atoms with Gasteiger partial charge in [-0.15, -0.1) is 162 Å². The Bertz CT molecular complexity index is 4130. The van der Waals surface area contributed by atoms with E-state index in [0.717, 1.165) is 69.3 Å². The molecule has 13 aromatic rings. The molecule has 0 spiro atoms. The number of carbonyl (C=O) groups excluding carboxylic acids is 1. The van der Waals surface area contributed by atoms with Crippen LogP contribution >= 0.6 is 0 Å². The van der Waals surface area contributed by atoms with Crippen molar-refractivity contribution in [2.24, 2.45) is 0 Å². The average molecular weight is 2350 g/mol. The van der Waals surface area contributed by atoms with Crippen LogP contribution in [0.15, 0.2) is 280 Å². The van der Waals surface area contributed by atoms with Crippen LogP contribution in [0.5, 0.6) is 5.75 Å². The fraction of sp³-hybridized carbons (Fsp3) is 0.0395. The molecule has 6 aromatic heterocycles. The van der Waals surface area contributed by atoms with E-state index in [4.69, 9.17) is 9.84 Å². The predicted octanol–water partition coefficient (Wildman–Crippen LogP) is 18.2. The summed E-state index contributed by atoms with van der Waals surface area (Å²) < 4.78 is 69.4. The van der Waals surface area contributed by atoms with Crippen molar-refractivity contribution in [3.63, 3.8) is 0 Å². The van der Waals surface area contributed by atoms with Crippen LogP contribution in [0.1, 0.15) is 13.8 Å². The van der Waals surface area contributed by atoms with Crippen molar-refractivity contribution in [1.29, 1.82) is 0 Å². The zero-order valence-electron chi connectivity index (χ0n) is 50.8. The predicted molar refractivity (Wildman–Crippen MR) is 342 cm³/mol. The number of aliphatic hydroxyl groups is 1. The van der Waals surface area contributed by atoms with Gasteiger partial charge in [-0.1, -0.05) is 96.1 Å². The number of rotatable bonds is 8. The van der Waals surface area contributed by atoms with Gasteiger partial charge in [0.2, 0.25) is 0 Å². The van der Waals surface area contributed by atoms with Crippen molar-refractivity contribution >= 4 is 16.6 Å². The molecule has 0 bridgehead atoms. The second kappa shape index (κ2) is 48.0. The Morgan fingerprint density at radius 1 is 0.396 bits per heavy atom. The number of pyridine rings is 6. The number of benzene rings is 7. The maximum absolute atomic E-state index is 13.4. The van der Waals surface area contributed by atoms with Crippen molar-refractivity contribution < 1.29 is 157 Å². The molecule has 7 aromatic carbocycles. The number of methoxy groups -OCH3 is 1. The fourth-order valence-electron chi connectivity index (χ4n) is 7.87. The molecule has 6 radical (unpaired) electrons. The van der Waals surface area contributed by atoms with Crippen LogP contribution in [0.4, 0.5) is 22.0 Å². The topological polar surface area (TPSA) is 124 Å². The number of ether oxygens (including phenoxy) is 1. The number of hydrogen-bond acceptors (Lipinski definition) is 9. The fourth-order valence-corrected chi connectivity index (χ4v) is 7.87. The second-order valence-corrected chi connectivity index (χ2v) is 18.5. The Balaban J connectivity index is 0.000000560. The summed E-state index contributed by atoms with van der Waals surface area (Å²) in [6.45, 7) is 2.85. The molecule has 0 atom stereocenters. The van der Waals surface area contributed by atoms with E-state index in [2.05, 4.69) is 78.4 Å². The molecule has 0 saturated carbocycles. The normalized spacial score (nSPS) is 9.52. The van der Waals surface area contributed by atoms with E-state index in [9.17, 15) is 26.7 Å². The molecule has 6 heterocycles. The SMILES string of the molecule is CC(=O)C=C(C)O.COc1ccnc(-c2[c-]cc(F)cc2F)c1.Fc1c[c-]c(-c2ccccn2)c(F)c1.Fc1c[c-]c(-c2ccccn2)cc1.[Ir].[Ir].[Ir].[Ir].[Ir].[Ir].[c-]1ccccc1-c1ccccn1.[c-]1ccccc1-c1ccccn1.[c-]1ccccc1-c1nccc2ccccc12. The first kappa shape index (κ1) is 86.3. The van der Waals surface area contributed by atoms with Crippen molar-refractivity contribution in [2.75, 3.05) is 7.11 Å². The van der Waals surface area contributed by atoms with Crippen molar-refractivity contribution in [1.82, 2.24) is 29.9 Å². The van der Waals surface area contributed by atoms with Crippen molar-refractivity contribution in [3.05, 3.63) is 345 Å². The first-order chi connectivity index (χ1) is 43.8. The minimum Gasteiger partial charge on any atom is -0.512 e. The number of hydrogen-bond donors (Lipinski definition) is 1. The summed E-state index contributed by atoms with van der Waals surface area (Å²) in [6, 6.07) is 85.0.